The Hall–Kier alpha value is -2.00. The lowest BCUT2D eigenvalue weighted by molar-refractivity contribution is -0.122. The molecule has 0 spiro atoms. The standard InChI is InChI=1S/C20H24ClNO2/c1-13-6-9-16(12-18(13)21)22-19(23)14(2)24-17-10-7-15(8-11-17)20(3,4)5/h6-12,14H,1-5H3,(H,22,23). The highest BCUT2D eigenvalue weighted by Gasteiger charge is 2.17. The van der Waals surface area contributed by atoms with E-state index in [1.807, 2.05) is 43.3 Å². The van der Waals surface area contributed by atoms with Crippen molar-refractivity contribution in [1.82, 2.24) is 0 Å². The van der Waals surface area contributed by atoms with Crippen LogP contribution >= 0.6 is 11.6 Å². The van der Waals surface area contributed by atoms with Crippen LogP contribution < -0.4 is 10.1 Å². The van der Waals surface area contributed by atoms with Crippen molar-refractivity contribution in [3.63, 3.8) is 0 Å². The number of carbonyl (C=O) groups is 1. The summed E-state index contributed by atoms with van der Waals surface area (Å²) < 4.78 is 5.72. The van der Waals surface area contributed by atoms with Gasteiger partial charge in [-0.3, -0.25) is 4.79 Å². The highest BCUT2D eigenvalue weighted by atomic mass is 35.5. The molecule has 24 heavy (non-hydrogen) atoms. The number of nitrogens with one attached hydrogen (secondary N) is 1. The normalized spacial score (nSPS) is 12.6. The van der Waals surface area contributed by atoms with Crippen molar-refractivity contribution in [1.29, 1.82) is 0 Å². The third kappa shape index (κ3) is 4.75. The number of halogens is 1. The highest BCUT2D eigenvalue weighted by Crippen LogP contribution is 2.25. The van der Waals surface area contributed by atoms with Gasteiger partial charge in [0.2, 0.25) is 0 Å². The van der Waals surface area contributed by atoms with E-state index < -0.39 is 6.10 Å². The zero-order chi connectivity index (χ0) is 17.9. The molecule has 128 valence electrons. The quantitative estimate of drug-likeness (QED) is 0.810. The average molecular weight is 346 g/mol. The van der Waals surface area contributed by atoms with Crippen LogP contribution in [0.2, 0.25) is 5.02 Å². The lowest BCUT2D eigenvalue weighted by Crippen LogP contribution is -2.30. The molecule has 0 radical (unpaired) electrons. The smallest absolute Gasteiger partial charge is 0.265 e. The number of aryl methyl sites for hydroxylation is 1. The fourth-order valence-corrected chi connectivity index (χ4v) is 2.39. The summed E-state index contributed by atoms with van der Waals surface area (Å²) in [5, 5.41) is 3.44. The molecule has 1 atom stereocenters. The molecular weight excluding hydrogens is 322 g/mol. The van der Waals surface area contributed by atoms with Crippen LogP contribution in [0, 0.1) is 6.92 Å². The molecule has 0 heterocycles. The molecule has 2 aromatic rings. The Kier molecular flexibility index (Phi) is 5.55. The summed E-state index contributed by atoms with van der Waals surface area (Å²) in [7, 11) is 0. The fraction of sp³-hybridized carbons (Fsp3) is 0.350. The van der Waals surface area contributed by atoms with Crippen LogP contribution in [0.1, 0.15) is 38.8 Å². The maximum Gasteiger partial charge on any atom is 0.265 e. The highest BCUT2D eigenvalue weighted by molar-refractivity contribution is 6.31. The molecule has 0 saturated heterocycles. The van der Waals surface area contributed by atoms with E-state index in [2.05, 4.69) is 26.1 Å². The number of hydrogen-bond acceptors (Lipinski definition) is 2. The number of ether oxygens (including phenoxy) is 1. The monoisotopic (exact) mass is 345 g/mol. The zero-order valence-corrected chi connectivity index (χ0v) is 15.6. The predicted octanol–water partition coefficient (Wildman–Crippen LogP) is 5.35. The third-order valence-electron chi connectivity index (χ3n) is 3.84. The van der Waals surface area contributed by atoms with Crippen LogP contribution in [0.25, 0.3) is 0 Å². The summed E-state index contributed by atoms with van der Waals surface area (Å²) >= 11 is 6.08. The van der Waals surface area contributed by atoms with Gasteiger partial charge in [0.1, 0.15) is 5.75 Å². The second-order valence-electron chi connectivity index (χ2n) is 6.99. The van der Waals surface area contributed by atoms with E-state index in [-0.39, 0.29) is 11.3 Å². The Morgan fingerprint density at radius 3 is 2.29 bits per heavy atom. The van der Waals surface area contributed by atoms with Gasteiger partial charge >= 0.3 is 0 Å². The molecule has 1 amide bonds. The Balaban J connectivity index is 1.99. The minimum absolute atomic E-state index is 0.0895. The number of rotatable bonds is 4. The van der Waals surface area contributed by atoms with Crippen LogP contribution in [0.5, 0.6) is 5.75 Å². The van der Waals surface area contributed by atoms with E-state index in [0.29, 0.717) is 16.5 Å². The van der Waals surface area contributed by atoms with E-state index in [4.69, 9.17) is 16.3 Å². The predicted molar refractivity (Wildman–Crippen MR) is 100 cm³/mol. The fourth-order valence-electron chi connectivity index (χ4n) is 2.21. The molecule has 1 N–H and O–H groups in total. The minimum Gasteiger partial charge on any atom is -0.481 e. The second-order valence-corrected chi connectivity index (χ2v) is 7.39. The first-order chi connectivity index (χ1) is 11.2. The summed E-state index contributed by atoms with van der Waals surface area (Å²) in [4.78, 5) is 12.3. The van der Waals surface area contributed by atoms with Crippen LogP contribution in [-0.2, 0) is 10.2 Å². The number of carbonyl (C=O) groups excluding carboxylic acids is 1. The number of amides is 1. The van der Waals surface area contributed by atoms with Crippen molar-refractivity contribution >= 4 is 23.2 Å². The third-order valence-corrected chi connectivity index (χ3v) is 4.25. The zero-order valence-electron chi connectivity index (χ0n) is 14.8. The van der Waals surface area contributed by atoms with Gasteiger partial charge < -0.3 is 10.1 Å². The Morgan fingerprint density at radius 2 is 1.75 bits per heavy atom. The molecule has 2 rings (SSSR count). The van der Waals surface area contributed by atoms with Gasteiger partial charge in [-0.25, -0.2) is 0 Å². The van der Waals surface area contributed by atoms with E-state index in [1.165, 1.54) is 5.56 Å². The summed E-state index contributed by atoms with van der Waals surface area (Å²) in [6.45, 7) is 10.1. The van der Waals surface area contributed by atoms with Crippen molar-refractivity contribution in [3.8, 4) is 5.75 Å². The molecule has 0 aliphatic rings. The first-order valence-corrected chi connectivity index (χ1v) is 8.39. The van der Waals surface area contributed by atoms with E-state index in [0.717, 1.165) is 5.56 Å². The Labute approximate surface area is 149 Å². The molecule has 0 saturated carbocycles. The van der Waals surface area contributed by atoms with Crippen LogP contribution in [0.3, 0.4) is 0 Å². The molecule has 3 nitrogen and oxygen atoms in total. The van der Waals surface area contributed by atoms with E-state index in [9.17, 15) is 4.79 Å². The molecule has 0 bridgehead atoms. The van der Waals surface area contributed by atoms with Gasteiger partial charge in [0.05, 0.1) is 0 Å². The summed E-state index contributed by atoms with van der Waals surface area (Å²) in [6.07, 6.45) is -0.606. The molecule has 0 fully saturated rings. The van der Waals surface area contributed by atoms with Gasteiger partial charge in [0, 0.05) is 10.7 Å². The van der Waals surface area contributed by atoms with Crippen LogP contribution in [-0.4, -0.2) is 12.0 Å². The molecule has 1 unspecified atom stereocenters. The maximum atomic E-state index is 12.3. The van der Waals surface area contributed by atoms with Crippen molar-refractivity contribution in [2.24, 2.45) is 0 Å². The molecule has 0 aliphatic carbocycles. The summed E-state index contributed by atoms with van der Waals surface area (Å²) in [5.74, 6) is 0.461. The van der Waals surface area contributed by atoms with Gasteiger partial charge in [0.15, 0.2) is 6.10 Å². The summed E-state index contributed by atoms with van der Waals surface area (Å²) in [5.41, 5.74) is 2.94. The molecular formula is C20H24ClNO2. The van der Waals surface area contributed by atoms with E-state index >= 15 is 0 Å². The largest absolute Gasteiger partial charge is 0.481 e. The molecule has 2 aromatic carbocycles. The maximum absolute atomic E-state index is 12.3. The van der Waals surface area contributed by atoms with Gasteiger partial charge in [-0.2, -0.15) is 0 Å². The second kappa shape index (κ2) is 7.27. The van der Waals surface area contributed by atoms with Gasteiger partial charge in [0.25, 0.3) is 5.91 Å². The SMILES string of the molecule is Cc1ccc(NC(=O)C(C)Oc2ccc(C(C)(C)C)cc2)cc1Cl. The lowest BCUT2D eigenvalue weighted by Gasteiger charge is -2.20. The van der Waals surface area contributed by atoms with Crippen LogP contribution in [0.4, 0.5) is 5.69 Å². The first-order valence-electron chi connectivity index (χ1n) is 8.01. The van der Waals surface area contributed by atoms with Crippen LogP contribution in [0.15, 0.2) is 42.5 Å². The van der Waals surface area contributed by atoms with Crippen molar-refractivity contribution in [2.75, 3.05) is 5.32 Å². The van der Waals surface area contributed by atoms with Crippen molar-refractivity contribution < 1.29 is 9.53 Å². The van der Waals surface area contributed by atoms with Gasteiger partial charge in [-0.05, 0) is 54.7 Å². The summed E-state index contributed by atoms with van der Waals surface area (Å²) in [6, 6.07) is 13.3. The number of anilines is 1. The van der Waals surface area contributed by atoms with Gasteiger partial charge in [-0.1, -0.05) is 50.6 Å². The average Bonchev–Trinajstić information content (AvgIpc) is 2.50. The molecule has 0 aromatic heterocycles. The minimum atomic E-state index is -0.606. The topological polar surface area (TPSA) is 38.3 Å². The lowest BCUT2D eigenvalue weighted by atomic mass is 9.87. The van der Waals surface area contributed by atoms with Gasteiger partial charge in [-0.15, -0.1) is 0 Å². The van der Waals surface area contributed by atoms with E-state index in [1.54, 1.807) is 13.0 Å². The number of hydrogen-bond donors (Lipinski definition) is 1. The molecule has 0 aliphatic heterocycles. The van der Waals surface area contributed by atoms with Crippen molar-refractivity contribution in [3.05, 3.63) is 58.6 Å². The molecule has 4 heteroatoms. The Bertz CT molecular complexity index is 717. The Morgan fingerprint density at radius 1 is 1.12 bits per heavy atom. The number of benzene rings is 2. The first kappa shape index (κ1) is 18.3. The van der Waals surface area contributed by atoms with Crippen molar-refractivity contribution in [2.45, 2.75) is 46.1 Å².